The van der Waals surface area contributed by atoms with Crippen molar-refractivity contribution in [3.63, 3.8) is 0 Å². The first-order valence-electron chi connectivity index (χ1n) is 6.20. The first-order chi connectivity index (χ1) is 9.94. The highest BCUT2D eigenvalue weighted by atomic mass is 35.5. The Bertz CT molecular complexity index is 774. The number of ketones is 1. The standard InChI is InChI=1S/C16H10Cl2O3/c17-11-2-8(3-12(18)6-11)1-10-4-9-5-14(19)15(20)7-13(9)16(10)21/h1-3,5-7,19-20H,4H2/b10-1+. The summed E-state index contributed by atoms with van der Waals surface area (Å²) < 4.78 is 0. The van der Waals surface area contributed by atoms with Crippen LogP contribution >= 0.6 is 23.2 Å². The Labute approximate surface area is 131 Å². The fraction of sp³-hybridized carbons (Fsp3) is 0.0625. The molecule has 0 unspecified atom stereocenters. The smallest absolute Gasteiger partial charge is 0.189 e. The Hall–Kier alpha value is -1.97. The van der Waals surface area contributed by atoms with Crippen molar-refractivity contribution in [2.24, 2.45) is 0 Å². The molecule has 0 atom stereocenters. The maximum atomic E-state index is 12.3. The lowest BCUT2D eigenvalue weighted by Crippen LogP contribution is -1.95. The van der Waals surface area contributed by atoms with Crippen LogP contribution in [0.5, 0.6) is 11.5 Å². The van der Waals surface area contributed by atoms with Gasteiger partial charge >= 0.3 is 0 Å². The summed E-state index contributed by atoms with van der Waals surface area (Å²) in [6.45, 7) is 0. The van der Waals surface area contributed by atoms with E-state index >= 15 is 0 Å². The van der Waals surface area contributed by atoms with Gasteiger partial charge in [0.25, 0.3) is 0 Å². The van der Waals surface area contributed by atoms with Gasteiger partial charge in [0.15, 0.2) is 17.3 Å². The zero-order valence-electron chi connectivity index (χ0n) is 10.7. The van der Waals surface area contributed by atoms with Gasteiger partial charge in [-0.05, 0) is 47.5 Å². The molecule has 2 N–H and O–H groups in total. The molecule has 0 saturated carbocycles. The van der Waals surface area contributed by atoms with Crippen molar-refractivity contribution in [2.75, 3.05) is 0 Å². The van der Waals surface area contributed by atoms with Crippen molar-refractivity contribution in [3.05, 3.63) is 62.6 Å². The Balaban J connectivity index is 2.02. The van der Waals surface area contributed by atoms with E-state index in [1.165, 1.54) is 12.1 Å². The quantitative estimate of drug-likeness (QED) is 0.610. The largest absolute Gasteiger partial charge is 0.504 e. The molecule has 0 amide bonds. The lowest BCUT2D eigenvalue weighted by molar-refractivity contribution is 0.104. The normalized spacial score (nSPS) is 15.5. The van der Waals surface area contributed by atoms with Gasteiger partial charge in [-0.3, -0.25) is 4.79 Å². The summed E-state index contributed by atoms with van der Waals surface area (Å²) >= 11 is 11.9. The molecule has 5 heteroatoms. The van der Waals surface area contributed by atoms with Crippen molar-refractivity contribution >= 4 is 35.1 Å². The van der Waals surface area contributed by atoms with Gasteiger partial charge in [0.1, 0.15) is 0 Å². The van der Waals surface area contributed by atoms with E-state index in [2.05, 4.69) is 0 Å². The molecule has 0 bridgehead atoms. The minimum atomic E-state index is -0.297. The molecule has 1 aliphatic rings. The molecule has 106 valence electrons. The maximum Gasteiger partial charge on any atom is 0.189 e. The third kappa shape index (κ3) is 2.62. The summed E-state index contributed by atoms with van der Waals surface area (Å²) in [6, 6.07) is 7.75. The molecule has 0 fully saturated rings. The number of hydrogen-bond acceptors (Lipinski definition) is 3. The third-order valence-electron chi connectivity index (χ3n) is 3.34. The number of halogens is 2. The second-order valence-corrected chi connectivity index (χ2v) is 5.75. The van der Waals surface area contributed by atoms with Gasteiger partial charge in [-0.2, -0.15) is 0 Å². The number of rotatable bonds is 1. The van der Waals surface area contributed by atoms with Crippen LogP contribution in [0.4, 0.5) is 0 Å². The zero-order valence-corrected chi connectivity index (χ0v) is 12.2. The first-order valence-corrected chi connectivity index (χ1v) is 6.96. The van der Waals surface area contributed by atoms with Crippen LogP contribution in [0, 0.1) is 0 Å². The number of fused-ring (bicyclic) bond motifs is 1. The molecule has 0 aromatic heterocycles. The summed E-state index contributed by atoms with van der Waals surface area (Å²) in [5.41, 5.74) is 2.39. The van der Waals surface area contributed by atoms with Crippen LogP contribution in [0.3, 0.4) is 0 Å². The number of allylic oxidation sites excluding steroid dienone is 1. The van der Waals surface area contributed by atoms with Gasteiger partial charge < -0.3 is 10.2 Å². The Kier molecular flexibility index (Phi) is 3.40. The predicted molar refractivity (Wildman–Crippen MR) is 82.2 cm³/mol. The van der Waals surface area contributed by atoms with E-state index in [9.17, 15) is 15.0 Å². The molecular formula is C16H10Cl2O3. The van der Waals surface area contributed by atoms with Crippen LogP contribution < -0.4 is 0 Å². The van der Waals surface area contributed by atoms with Gasteiger partial charge in [-0.1, -0.05) is 23.2 Å². The number of phenols is 2. The number of carbonyl (C=O) groups excluding carboxylic acids is 1. The molecule has 21 heavy (non-hydrogen) atoms. The van der Waals surface area contributed by atoms with Crippen molar-refractivity contribution in [1.82, 2.24) is 0 Å². The maximum absolute atomic E-state index is 12.3. The summed E-state index contributed by atoms with van der Waals surface area (Å²) in [4.78, 5) is 12.3. The van der Waals surface area contributed by atoms with Crippen LogP contribution in [-0.4, -0.2) is 16.0 Å². The third-order valence-corrected chi connectivity index (χ3v) is 3.78. The zero-order chi connectivity index (χ0) is 15.1. The van der Waals surface area contributed by atoms with E-state index in [4.69, 9.17) is 23.2 Å². The molecule has 3 rings (SSSR count). The Morgan fingerprint density at radius 1 is 0.952 bits per heavy atom. The summed E-state index contributed by atoms with van der Waals surface area (Å²) in [5.74, 6) is -0.695. The SMILES string of the molecule is O=C1/C(=C/c2cc(Cl)cc(Cl)c2)Cc2cc(O)c(O)cc21. The number of hydrogen-bond donors (Lipinski definition) is 2. The van der Waals surface area contributed by atoms with Crippen LogP contribution in [0.25, 0.3) is 6.08 Å². The van der Waals surface area contributed by atoms with E-state index < -0.39 is 0 Å². The monoisotopic (exact) mass is 320 g/mol. The minimum Gasteiger partial charge on any atom is -0.504 e. The van der Waals surface area contributed by atoms with E-state index in [0.29, 0.717) is 33.2 Å². The molecule has 3 nitrogen and oxygen atoms in total. The number of phenolic OH excluding ortho intramolecular Hbond substituents is 2. The molecule has 0 radical (unpaired) electrons. The fourth-order valence-electron chi connectivity index (χ4n) is 2.41. The summed E-state index contributed by atoms with van der Waals surface area (Å²) in [7, 11) is 0. The highest BCUT2D eigenvalue weighted by molar-refractivity contribution is 6.34. The Morgan fingerprint density at radius 2 is 1.57 bits per heavy atom. The molecule has 0 aliphatic heterocycles. The summed E-state index contributed by atoms with van der Waals surface area (Å²) in [6.07, 6.45) is 2.11. The van der Waals surface area contributed by atoms with Crippen LogP contribution in [0.1, 0.15) is 21.5 Å². The van der Waals surface area contributed by atoms with E-state index in [-0.39, 0.29) is 17.3 Å². The van der Waals surface area contributed by atoms with Crippen LogP contribution in [0.15, 0.2) is 35.9 Å². The molecule has 0 heterocycles. The van der Waals surface area contributed by atoms with Gasteiger partial charge in [0, 0.05) is 27.6 Å². The summed E-state index contributed by atoms with van der Waals surface area (Å²) in [5, 5.41) is 20.0. The minimum absolute atomic E-state index is 0.170. The molecular weight excluding hydrogens is 311 g/mol. The van der Waals surface area contributed by atoms with Crippen molar-refractivity contribution in [1.29, 1.82) is 0 Å². The average molecular weight is 321 g/mol. The van der Waals surface area contributed by atoms with Gasteiger partial charge in [0.05, 0.1) is 0 Å². The van der Waals surface area contributed by atoms with Crippen LogP contribution in [-0.2, 0) is 6.42 Å². The lowest BCUT2D eigenvalue weighted by atomic mass is 10.1. The first kappa shape index (κ1) is 14.0. The molecule has 0 saturated heterocycles. The van der Waals surface area contributed by atoms with Crippen molar-refractivity contribution in [3.8, 4) is 11.5 Å². The lowest BCUT2D eigenvalue weighted by Gasteiger charge is -2.00. The topological polar surface area (TPSA) is 57.5 Å². The predicted octanol–water partition coefficient (Wildman–Crippen LogP) is 4.23. The second-order valence-electron chi connectivity index (χ2n) is 4.88. The highest BCUT2D eigenvalue weighted by Gasteiger charge is 2.26. The number of carbonyl (C=O) groups is 1. The highest BCUT2D eigenvalue weighted by Crippen LogP contribution is 2.36. The number of benzene rings is 2. The van der Waals surface area contributed by atoms with E-state index in [0.717, 1.165) is 5.56 Å². The van der Waals surface area contributed by atoms with Crippen molar-refractivity contribution < 1.29 is 15.0 Å². The molecule has 1 aliphatic carbocycles. The fourth-order valence-corrected chi connectivity index (χ4v) is 2.96. The van der Waals surface area contributed by atoms with Crippen molar-refractivity contribution in [2.45, 2.75) is 6.42 Å². The number of Topliss-reactive ketones (excluding diaryl/α,β-unsaturated/α-hetero) is 1. The Morgan fingerprint density at radius 3 is 2.24 bits per heavy atom. The van der Waals surface area contributed by atoms with Crippen LogP contribution in [0.2, 0.25) is 10.0 Å². The van der Waals surface area contributed by atoms with Gasteiger partial charge in [0.2, 0.25) is 0 Å². The molecule has 2 aromatic rings. The van der Waals surface area contributed by atoms with Gasteiger partial charge in [-0.25, -0.2) is 0 Å². The number of aromatic hydroxyl groups is 2. The molecule has 2 aromatic carbocycles. The average Bonchev–Trinajstić information content (AvgIpc) is 2.66. The van der Waals surface area contributed by atoms with E-state index in [1.54, 1.807) is 24.3 Å². The molecule has 0 spiro atoms. The second kappa shape index (κ2) is 5.10. The van der Waals surface area contributed by atoms with E-state index in [1.807, 2.05) is 0 Å². The van der Waals surface area contributed by atoms with Gasteiger partial charge in [-0.15, -0.1) is 0 Å².